The first kappa shape index (κ1) is 6.81. The van der Waals surface area contributed by atoms with E-state index in [1.54, 1.807) is 0 Å². The first-order valence-electron chi connectivity index (χ1n) is 3.79. The number of hydrogen-bond donors (Lipinski definition) is 0. The molecule has 2 aliphatic rings. The van der Waals surface area contributed by atoms with E-state index in [1.165, 1.54) is 12.8 Å². The first-order valence-corrected chi connectivity index (χ1v) is 3.79. The van der Waals surface area contributed by atoms with Crippen LogP contribution >= 0.6 is 0 Å². The van der Waals surface area contributed by atoms with Gasteiger partial charge in [0.25, 0.3) is 0 Å². The zero-order valence-electron chi connectivity index (χ0n) is 6.13. The maximum atomic E-state index is 5.36. The van der Waals surface area contributed by atoms with Crippen molar-refractivity contribution in [3.8, 4) is 0 Å². The summed E-state index contributed by atoms with van der Waals surface area (Å²) >= 11 is 0. The van der Waals surface area contributed by atoms with Gasteiger partial charge in [0.1, 0.15) is 0 Å². The van der Waals surface area contributed by atoms with Crippen molar-refractivity contribution >= 4 is 0 Å². The molecule has 0 radical (unpaired) electrons. The van der Waals surface area contributed by atoms with Crippen LogP contribution in [0.1, 0.15) is 26.7 Å². The molecule has 2 aliphatic heterocycles. The summed E-state index contributed by atoms with van der Waals surface area (Å²) in [6.45, 7) is 4.00. The van der Waals surface area contributed by atoms with Crippen LogP contribution in [0.5, 0.6) is 0 Å². The van der Waals surface area contributed by atoms with E-state index in [1.807, 2.05) is 13.8 Å². The molecule has 2 atom stereocenters. The second-order valence-corrected chi connectivity index (χ2v) is 2.18. The van der Waals surface area contributed by atoms with E-state index >= 15 is 0 Å². The largest absolute Gasteiger partial charge is 0.367 e. The van der Waals surface area contributed by atoms with Gasteiger partial charge in [0.2, 0.25) is 0 Å². The molecule has 1 heteroatoms. The smallest absolute Gasteiger partial charge is 0.0765 e. The molecule has 0 aliphatic carbocycles. The highest BCUT2D eigenvalue weighted by Crippen LogP contribution is 2.27. The highest BCUT2D eigenvalue weighted by molar-refractivity contribution is 5.07. The second-order valence-electron chi connectivity index (χ2n) is 2.18. The van der Waals surface area contributed by atoms with Gasteiger partial charge in [-0.05, 0) is 12.8 Å². The number of rotatable bonds is 0. The van der Waals surface area contributed by atoms with Crippen LogP contribution in [-0.2, 0) is 4.74 Å². The van der Waals surface area contributed by atoms with Crippen LogP contribution in [0.15, 0.2) is 12.2 Å². The average molecular weight is 126 g/mol. The van der Waals surface area contributed by atoms with E-state index in [-0.39, 0.29) is 0 Å². The summed E-state index contributed by atoms with van der Waals surface area (Å²) in [4.78, 5) is 0. The Kier molecular flexibility index (Phi) is 2.29. The van der Waals surface area contributed by atoms with Crippen molar-refractivity contribution in [3.63, 3.8) is 0 Å². The molecule has 1 fully saturated rings. The quantitative estimate of drug-likeness (QED) is 0.452. The monoisotopic (exact) mass is 126 g/mol. The Morgan fingerprint density at radius 3 is 1.67 bits per heavy atom. The van der Waals surface area contributed by atoms with Crippen LogP contribution in [0.25, 0.3) is 0 Å². The van der Waals surface area contributed by atoms with Crippen molar-refractivity contribution < 1.29 is 4.74 Å². The second kappa shape index (κ2) is 3.02. The predicted molar refractivity (Wildman–Crippen MR) is 38.4 cm³/mol. The van der Waals surface area contributed by atoms with Gasteiger partial charge < -0.3 is 4.74 Å². The lowest BCUT2D eigenvalue weighted by Crippen LogP contribution is -1.95. The van der Waals surface area contributed by atoms with Gasteiger partial charge in [-0.2, -0.15) is 0 Å². The van der Waals surface area contributed by atoms with Gasteiger partial charge >= 0.3 is 0 Å². The third-order valence-electron chi connectivity index (χ3n) is 1.63. The van der Waals surface area contributed by atoms with E-state index in [0.29, 0.717) is 12.2 Å². The minimum atomic E-state index is 0.491. The van der Waals surface area contributed by atoms with Crippen molar-refractivity contribution in [2.24, 2.45) is 0 Å². The average Bonchev–Trinajstić information content (AvgIpc) is 2.53. The normalized spacial score (nSPS) is 36.2. The molecule has 0 aromatic carbocycles. The molecule has 0 aromatic heterocycles. The van der Waals surface area contributed by atoms with Gasteiger partial charge in [0, 0.05) is 0 Å². The highest BCUT2D eigenvalue weighted by atomic mass is 16.5. The third kappa shape index (κ3) is 1.33. The summed E-state index contributed by atoms with van der Waals surface area (Å²) in [6, 6.07) is 0. The third-order valence-corrected chi connectivity index (χ3v) is 1.63. The first-order chi connectivity index (χ1) is 4.45. The lowest BCUT2D eigenvalue weighted by atomic mass is 10.1. The molecule has 1 saturated heterocycles. The Morgan fingerprint density at radius 2 is 1.56 bits per heavy atom. The summed E-state index contributed by atoms with van der Waals surface area (Å²) in [6.07, 6.45) is 7.81. The Labute approximate surface area is 56.7 Å². The van der Waals surface area contributed by atoms with Crippen LogP contribution in [-0.4, -0.2) is 12.2 Å². The van der Waals surface area contributed by atoms with Crippen LogP contribution in [0.3, 0.4) is 0 Å². The van der Waals surface area contributed by atoms with E-state index in [0.717, 1.165) is 0 Å². The standard InChI is InChI=1S/C6H8O.C2H6/c1-2-6-4-3-5(1)7-6;1-2/h1-2,5-6H,3-4H2;1-2H3. The summed E-state index contributed by atoms with van der Waals surface area (Å²) in [5.41, 5.74) is 0. The van der Waals surface area contributed by atoms with E-state index in [2.05, 4.69) is 12.2 Å². The van der Waals surface area contributed by atoms with Crippen molar-refractivity contribution in [2.75, 3.05) is 0 Å². The molecule has 2 unspecified atom stereocenters. The molecular formula is C8H14O. The minimum absolute atomic E-state index is 0.491. The molecule has 1 nitrogen and oxygen atoms in total. The van der Waals surface area contributed by atoms with Crippen LogP contribution in [0, 0.1) is 0 Å². The molecular weight excluding hydrogens is 112 g/mol. The van der Waals surface area contributed by atoms with Crippen molar-refractivity contribution in [1.29, 1.82) is 0 Å². The van der Waals surface area contributed by atoms with Gasteiger partial charge in [0.15, 0.2) is 0 Å². The molecule has 52 valence electrons. The SMILES string of the molecule is C1=CC2CCC1O2.CC. The fourth-order valence-electron chi connectivity index (χ4n) is 1.22. The van der Waals surface area contributed by atoms with Crippen molar-refractivity contribution in [3.05, 3.63) is 12.2 Å². The van der Waals surface area contributed by atoms with Gasteiger partial charge in [-0.25, -0.2) is 0 Å². The van der Waals surface area contributed by atoms with Gasteiger partial charge in [-0.15, -0.1) is 0 Å². The molecule has 0 aromatic rings. The van der Waals surface area contributed by atoms with Gasteiger partial charge in [-0.1, -0.05) is 26.0 Å². The van der Waals surface area contributed by atoms with Gasteiger partial charge in [-0.3, -0.25) is 0 Å². The summed E-state index contributed by atoms with van der Waals surface area (Å²) in [5.74, 6) is 0. The molecule has 2 bridgehead atoms. The Balaban J connectivity index is 0.000000186. The molecule has 0 saturated carbocycles. The van der Waals surface area contributed by atoms with E-state index < -0.39 is 0 Å². The zero-order valence-corrected chi connectivity index (χ0v) is 6.13. The molecule has 0 spiro atoms. The topological polar surface area (TPSA) is 9.23 Å². The van der Waals surface area contributed by atoms with Crippen LogP contribution < -0.4 is 0 Å². The zero-order chi connectivity index (χ0) is 6.69. The van der Waals surface area contributed by atoms with Crippen LogP contribution in [0.4, 0.5) is 0 Å². The maximum Gasteiger partial charge on any atom is 0.0765 e. The van der Waals surface area contributed by atoms with E-state index in [9.17, 15) is 0 Å². The number of hydrogen-bond acceptors (Lipinski definition) is 1. The lowest BCUT2D eigenvalue weighted by Gasteiger charge is -1.93. The Bertz CT molecular complexity index is 95.1. The Hall–Kier alpha value is -0.300. The molecule has 0 N–H and O–H groups in total. The summed E-state index contributed by atoms with van der Waals surface area (Å²) in [5, 5.41) is 0. The molecule has 2 rings (SSSR count). The minimum Gasteiger partial charge on any atom is -0.367 e. The fourth-order valence-corrected chi connectivity index (χ4v) is 1.22. The number of fused-ring (bicyclic) bond motifs is 2. The predicted octanol–water partition coefficient (Wildman–Crippen LogP) is 2.13. The van der Waals surface area contributed by atoms with Gasteiger partial charge in [0.05, 0.1) is 12.2 Å². The van der Waals surface area contributed by atoms with E-state index in [4.69, 9.17) is 4.74 Å². The Morgan fingerprint density at radius 1 is 1.11 bits per heavy atom. The summed E-state index contributed by atoms with van der Waals surface area (Å²) in [7, 11) is 0. The maximum absolute atomic E-state index is 5.36. The summed E-state index contributed by atoms with van der Waals surface area (Å²) < 4.78 is 5.36. The number of ether oxygens (including phenoxy) is 1. The molecule has 2 heterocycles. The lowest BCUT2D eigenvalue weighted by molar-refractivity contribution is 0.120. The highest BCUT2D eigenvalue weighted by Gasteiger charge is 2.25. The molecule has 0 amide bonds. The van der Waals surface area contributed by atoms with Crippen molar-refractivity contribution in [1.82, 2.24) is 0 Å². The van der Waals surface area contributed by atoms with Crippen molar-refractivity contribution in [2.45, 2.75) is 38.9 Å². The van der Waals surface area contributed by atoms with Crippen LogP contribution in [0.2, 0.25) is 0 Å². The fraction of sp³-hybridized carbons (Fsp3) is 0.750. The molecule has 9 heavy (non-hydrogen) atoms.